The number of hydrogen-bond acceptors (Lipinski definition) is 1. The van der Waals surface area contributed by atoms with Crippen LogP contribution in [-0.4, -0.2) is 10.6 Å². The van der Waals surface area contributed by atoms with Gasteiger partial charge in [0.25, 0.3) is 0 Å². The van der Waals surface area contributed by atoms with E-state index in [0.717, 1.165) is 12.8 Å². The lowest BCUT2D eigenvalue weighted by Crippen LogP contribution is -2.15. The molecule has 2 N–H and O–H groups in total. The summed E-state index contributed by atoms with van der Waals surface area (Å²) < 4.78 is 2.30. The summed E-state index contributed by atoms with van der Waals surface area (Å²) in [7, 11) is 2.15. The second-order valence-electron chi connectivity index (χ2n) is 6.07. The Labute approximate surface area is 116 Å². The Hall–Kier alpha value is -1.28. The number of fused-ring (bicyclic) bond motifs is 1. The number of benzene rings is 1. The first-order valence-corrected chi connectivity index (χ1v) is 7.25. The van der Waals surface area contributed by atoms with Gasteiger partial charge in [0.1, 0.15) is 0 Å². The van der Waals surface area contributed by atoms with Crippen molar-refractivity contribution in [1.29, 1.82) is 0 Å². The van der Waals surface area contributed by atoms with E-state index >= 15 is 0 Å². The van der Waals surface area contributed by atoms with E-state index < -0.39 is 0 Å². The van der Waals surface area contributed by atoms with Crippen molar-refractivity contribution in [2.24, 2.45) is 12.8 Å². The maximum Gasteiger partial charge on any atom is 0.0482 e. The van der Waals surface area contributed by atoms with Crippen molar-refractivity contribution in [3.8, 4) is 0 Å². The molecule has 0 fully saturated rings. The molecule has 1 aromatic heterocycles. The van der Waals surface area contributed by atoms with E-state index in [9.17, 15) is 0 Å². The van der Waals surface area contributed by atoms with E-state index in [4.69, 9.17) is 5.73 Å². The van der Waals surface area contributed by atoms with Crippen LogP contribution in [0.2, 0.25) is 0 Å². The molecule has 1 unspecified atom stereocenters. The van der Waals surface area contributed by atoms with E-state index in [1.54, 1.807) is 0 Å². The van der Waals surface area contributed by atoms with E-state index in [0.29, 0.717) is 5.92 Å². The fourth-order valence-corrected chi connectivity index (χ4v) is 2.71. The number of rotatable bonds is 4. The second kappa shape index (κ2) is 5.38. The molecule has 19 heavy (non-hydrogen) atoms. The molecule has 2 rings (SSSR count). The van der Waals surface area contributed by atoms with Crippen LogP contribution in [0.25, 0.3) is 10.9 Å². The predicted molar refractivity (Wildman–Crippen MR) is 83.7 cm³/mol. The fraction of sp³-hybridized carbons (Fsp3) is 0.529. The van der Waals surface area contributed by atoms with Crippen molar-refractivity contribution in [2.45, 2.75) is 52.5 Å². The van der Waals surface area contributed by atoms with Crippen molar-refractivity contribution >= 4 is 10.9 Å². The van der Waals surface area contributed by atoms with Gasteiger partial charge in [-0.2, -0.15) is 0 Å². The number of aromatic nitrogens is 1. The lowest BCUT2D eigenvalue weighted by atomic mass is 9.98. The lowest BCUT2D eigenvalue weighted by molar-refractivity contribution is 0.664. The number of nitrogens with zero attached hydrogens (tertiary/aromatic N) is 1. The summed E-state index contributed by atoms with van der Waals surface area (Å²) in [5.41, 5.74) is 11.5. The number of aryl methyl sites for hydroxylation is 2. The van der Waals surface area contributed by atoms with Crippen LogP contribution < -0.4 is 5.73 Å². The molecule has 2 heteroatoms. The molecule has 1 aromatic carbocycles. The molecule has 0 aliphatic carbocycles. The summed E-state index contributed by atoms with van der Waals surface area (Å²) in [4.78, 5) is 0. The summed E-state index contributed by atoms with van der Waals surface area (Å²) in [6, 6.07) is 7.14. The Balaban J connectivity index is 2.53. The Kier molecular flexibility index (Phi) is 4.00. The molecular formula is C17H26N2. The fourth-order valence-electron chi connectivity index (χ4n) is 2.71. The maximum atomic E-state index is 5.91. The first-order chi connectivity index (χ1) is 8.91. The van der Waals surface area contributed by atoms with Crippen molar-refractivity contribution in [3.63, 3.8) is 0 Å². The predicted octanol–water partition coefficient (Wildman–Crippen LogP) is 3.89. The van der Waals surface area contributed by atoms with E-state index in [-0.39, 0.29) is 6.04 Å². The van der Waals surface area contributed by atoms with Gasteiger partial charge in [0.2, 0.25) is 0 Å². The SMILES string of the molecule is Cc1c(CCC(C)N)c2cc(C(C)C)ccc2n1C. The maximum absolute atomic E-state index is 5.91. The quantitative estimate of drug-likeness (QED) is 0.886. The van der Waals surface area contributed by atoms with Gasteiger partial charge in [-0.3, -0.25) is 0 Å². The first-order valence-electron chi connectivity index (χ1n) is 7.25. The molecule has 0 amide bonds. The lowest BCUT2D eigenvalue weighted by Gasteiger charge is -2.07. The van der Waals surface area contributed by atoms with Gasteiger partial charge in [-0.15, -0.1) is 0 Å². The van der Waals surface area contributed by atoms with Crippen LogP contribution in [0.3, 0.4) is 0 Å². The molecule has 1 heterocycles. The summed E-state index contributed by atoms with van der Waals surface area (Å²) in [6.45, 7) is 8.79. The van der Waals surface area contributed by atoms with Crippen LogP contribution in [0.15, 0.2) is 18.2 Å². The Morgan fingerprint density at radius 2 is 1.89 bits per heavy atom. The standard InChI is InChI=1S/C17H26N2/c1-11(2)14-7-9-17-16(10-14)15(8-6-12(3)18)13(4)19(17)5/h7,9-12H,6,8,18H2,1-5H3. The molecule has 104 valence electrons. The zero-order valence-electron chi connectivity index (χ0n) is 12.8. The van der Waals surface area contributed by atoms with Gasteiger partial charge >= 0.3 is 0 Å². The normalized spacial score (nSPS) is 13.4. The zero-order valence-corrected chi connectivity index (χ0v) is 12.8. The van der Waals surface area contributed by atoms with E-state index in [2.05, 4.69) is 57.5 Å². The third kappa shape index (κ3) is 2.69. The molecular weight excluding hydrogens is 232 g/mol. The van der Waals surface area contributed by atoms with Gasteiger partial charge in [0, 0.05) is 29.7 Å². The zero-order chi connectivity index (χ0) is 14.2. The highest BCUT2D eigenvalue weighted by molar-refractivity contribution is 5.86. The third-order valence-electron chi connectivity index (χ3n) is 4.16. The van der Waals surface area contributed by atoms with E-state index in [1.165, 1.54) is 27.7 Å². The monoisotopic (exact) mass is 258 g/mol. The summed E-state index contributed by atoms with van der Waals surface area (Å²) in [6.07, 6.45) is 2.12. The van der Waals surface area contributed by atoms with Crippen LogP contribution in [0.1, 0.15) is 49.9 Å². The number of hydrogen-bond donors (Lipinski definition) is 1. The summed E-state index contributed by atoms with van der Waals surface area (Å²) >= 11 is 0. The average molecular weight is 258 g/mol. The first kappa shape index (κ1) is 14.1. The highest BCUT2D eigenvalue weighted by Crippen LogP contribution is 2.29. The largest absolute Gasteiger partial charge is 0.348 e. The third-order valence-corrected chi connectivity index (χ3v) is 4.16. The van der Waals surface area contributed by atoms with E-state index in [1.807, 2.05) is 0 Å². The van der Waals surface area contributed by atoms with Gasteiger partial charge in [0.05, 0.1) is 0 Å². The highest BCUT2D eigenvalue weighted by atomic mass is 14.9. The molecule has 0 saturated heterocycles. The van der Waals surface area contributed by atoms with Crippen molar-refractivity contribution in [3.05, 3.63) is 35.0 Å². The van der Waals surface area contributed by atoms with Crippen LogP contribution in [-0.2, 0) is 13.5 Å². The van der Waals surface area contributed by atoms with Crippen LogP contribution in [0.4, 0.5) is 0 Å². The molecule has 1 atom stereocenters. The van der Waals surface area contributed by atoms with Gasteiger partial charge in [-0.05, 0) is 55.9 Å². The molecule has 2 aromatic rings. The Morgan fingerprint density at radius 3 is 2.47 bits per heavy atom. The van der Waals surface area contributed by atoms with Crippen molar-refractivity contribution in [1.82, 2.24) is 4.57 Å². The molecule has 0 radical (unpaired) electrons. The second-order valence-corrected chi connectivity index (χ2v) is 6.07. The van der Waals surface area contributed by atoms with Gasteiger partial charge in [-0.25, -0.2) is 0 Å². The van der Waals surface area contributed by atoms with Gasteiger partial charge in [0.15, 0.2) is 0 Å². The Bertz CT molecular complexity index is 576. The molecule has 0 bridgehead atoms. The average Bonchev–Trinajstić information content (AvgIpc) is 2.59. The van der Waals surface area contributed by atoms with Gasteiger partial charge in [-0.1, -0.05) is 19.9 Å². The van der Waals surface area contributed by atoms with Crippen LogP contribution in [0.5, 0.6) is 0 Å². The topological polar surface area (TPSA) is 30.9 Å². The molecule has 0 saturated carbocycles. The minimum absolute atomic E-state index is 0.267. The number of nitrogens with two attached hydrogens (primary N) is 1. The van der Waals surface area contributed by atoms with Gasteiger partial charge < -0.3 is 10.3 Å². The van der Waals surface area contributed by atoms with Crippen LogP contribution in [0, 0.1) is 6.92 Å². The molecule has 0 aliphatic heterocycles. The minimum atomic E-state index is 0.267. The molecule has 0 spiro atoms. The molecule has 0 aliphatic rings. The minimum Gasteiger partial charge on any atom is -0.348 e. The smallest absolute Gasteiger partial charge is 0.0482 e. The highest BCUT2D eigenvalue weighted by Gasteiger charge is 2.13. The summed E-state index contributed by atoms with van der Waals surface area (Å²) in [5, 5.41) is 1.41. The summed E-state index contributed by atoms with van der Waals surface area (Å²) in [5.74, 6) is 0.575. The molecule has 2 nitrogen and oxygen atoms in total. The van der Waals surface area contributed by atoms with Crippen LogP contribution >= 0.6 is 0 Å². The van der Waals surface area contributed by atoms with Crippen molar-refractivity contribution in [2.75, 3.05) is 0 Å². The van der Waals surface area contributed by atoms with Crippen molar-refractivity contribution < 1.29 is 0 Å². The Morgan fingerprint density at radius 1 is 1.21 bits per heavy atom.